The summed E-state index contributed by atoms with van der Waals surface area (Å²) < 4.78 is 0. The second kappa shape index (κ2) is 5.83. The highest BCUT2D eigenvalue weighted by atomic mass is 32.1. The summed E-state index contributed by atoms with van der Waals surface area (Å²) in [5.74, 6) is -0.442. The van der Waals surface area contributed by atoms with Crippen molar-refractivity contribution in [1.29, 1.82) is 0 Å². The summed E-state index contributed by atoms with van der Waals surface area (Å²) in [6, 6.07) is 7.88. The van der Waals surface area contributed by atoms with Crippen LogP contribution in [-0.4, -0.2) is 22.0 Å². The summed E-state index contributed by atoms with van der Waals surface area (Å²) in [6.45, 7) is 0. The first-order valence-corrected chi connectivity index (χ1v) is 5.97. The van der Waals surface area contributed by atoms with Gasteiger partial charge in [0.2, 0.25) is 0 Å². The van der Waals surface area contributed by atoms with Crippen molar-refractivity contribution in [3.8, 4) is 0 Å². The minimum Gasteiger partial charge on any atom is -0.266 e. The Kier molecular flexibility index (Phi) is 3.94. The molecule has 2 rings (SSSR count). The predicted octanol–water partition coefficient (Wildman–Crippen LogP) is 1.82. The zero-order valence-corrected chi connectivity index (χ0v) is 10.3. The van der Waals surface area contributed by atoms with Crippen molar-refractivity contribution in [1.82, 2.24) is 10.4 Å². The van der Waals surface area contributed by atoms with E-state index in [0.29, 0.717) is 4.88 Å². The number of aromatic nitrogens is 1. The van der Waals surface area contributed by atoms with Crippen molar-refractivity contribution < 1.29 is 9.72 Å². The van der Waals surface area contributed by atoms with Crippen LogP contribution in [0.1, 0.15) is 15.4 Å². The number of carbonyl (C=O) groups excluding carboxylic acids is 1. The number of nitrogens with one attached hydrogen (secondary N) is 1. The molecule has 0 aliphatic heterocycles. The van der Waals surface area contributed by atoms with Gasteiger partial charge in [0.25, 0.3) is 5.91 Å². The number of amides is 1. The molecule has 0 spiro atoms. The van der Waals surface area contributed by atoms with Crippen LogP contribution in [0.25, 0.3) is 0 Å². The molecule has 2 aromatic rings. The standard InChI is InChI=1S/C11H8N4O3S/c16-11(9-3-1-2-6-12-9)14-13-7-8-4-5-10(19-8)15(17)18/h1-7H,(H,14,16)/b13-7+. The fraction of sp³-hybridized carbons (Fsp3) is 0. The van der Waals surface area contributed by atoms with E-state index in [-0.39, 0.29) is 10.7 Å². The zero-order valence-electron chi connectivity index (χ0n) is 9.52. The number of carbonyl (C=O) groups is 1. The summed E-state index contributed by atoms with van der Waals surface area (Å²) >= 11 is 0.973. The van der Waals surface area contributed by atoms with Crippen LogP contribution in [0.15, 0.2) is 41.6 Å². The molecule has 0 fully saturated rings. The van der Waals surface area contributed by atoms with E-state index < -0.39 is 10.8 Å². The molecule has 1 N–H and O–H groups in total. The maximum Gasteiger partial charge on any atom is 0.324 e. The number of pyridine rings is 1. The molecule has 0 atom stereocenters. The number of hydrazone groups is 1. The van der Waals surface area contributed by atoms with E-state index >= 15 is 0 Å². The fourth-order valence-electron chi connectivity index (χ4n) is 1.22. The van der Waals surface area contributed by atoms with Crippen LogP contribution in [0.3, 0.4) is 0 Å². The molecule has 7 nitrogen and oxygen atoms in total. The van der Waals surface area contributed by atoms with Crippen LogP contribution in [-0.2, 0) is 0 Å². The highest BCUT2D eigenvalue weighted by Gasteiger charge is 2.08. The Morgan fingerprint density at radius 2 is 2.26 bits per heavy atom. The molecule has 0 unspecified atom stereocenters. The molecule has 0 bridgehead atoms. The van der Waals surface area contributed by atoms with Crippen molar-refractivity contribution in [2.45, 2.75) is 0 Å². The molecule has 2 heterocycles. The van der Waals surface area contributed by atoms with Gasteiger partial charge < -0.3 is 0 Å². The average Bonchev–Trinajstić information content (AvgIpc) is 2.89. The first kappa shape index (κ1) is 12.8. The molecular formula is C11H8N4O3S. The molecule has 0 aromatic carbocycles. The van der Waals surface area contributed by atoms with Crippen LogP contribution in [0.5, 0.6) is 0 Å². The van der Waals surface area contributed by atoms with Crippen LogP contribution in [0.2, 0.25) is 0 Å². The Bertz CT molecular complexity index is 624. The van der Waals surface area contributed by atoms with Gasteiger partial charge >= 0.3 is 5.00 Å². The van der Waals surface area contributed by atoms with Gasteiger partial charge in [-0.05, 0) is 18.2 Å². The summed E-state index contributed by atoms with van der Waals surface area (Å²) in [4.78, 5) is 26.0. The second-order valence-electron chi connectivity index (χ2n) is 3.35. The van der Waals surface area contributed by atoms with E-state index in [0.717, 1.165) is 11.3 Å². The molecule has 2 aromatic heterocycles. The van der Waals surface area contributed by atoms with E-state index in [4.69, 9.17) is 0 Å². The number of hydrogen-bond donors (Lipinski definition) is 1. The maximum absolute atomic E-state index is 11.6. The Hall–Kier alpha value is -2.61. The largest absolute Gasteiger partial charge is 0.324 e. The molecule has 0 aliphatic carbocycles. The maximum atomic E-state index is 11.6. The molecule has 19 heavy (non-hydrogen) atoms. The molecule has 8 heteroatoms. The topological polar surface area (TPSA) is 97.5 Å². The van der Waals surface area contributed by atoms with Crippen molar-refractivity contribution >= 4 is 28.5 Å². The number of nitrogens with zero attached hydrogens (tertiary/aromatic N) is 3. The zero-order chi connectivity index (χ0) is 13.7. The highest BCUT2D eigenvalue weighted by molar-refractivity contribution is 7.16. The van der Waals surface area contributed by atoms with Gasteiger partial charge in [0.05, 0.1) is 16.0 Å². The van der Waals surface area contributed by atoms with E-state index in [1.54, 1.807) is 24.3 Å². The lowest BCUT2D eigenvalue weighted by Gasteiger charge is -1.96. The molecular weight excluding hydrogens is 268 g/mol. The molecule has 0 aliphatic rings. The monoisotopic (exact) mass is 276 g/mol. The van der Waals surface area contributed by atoms with Gasteiger partial charge in [0, 0.05) is 12.3 Å². The van der Waals surface area contributed by atoms with Crippen LogP contribution >= 0.6 is 11.3 Å². The van der Waals surface area contributed by atoms with Crippen LogP contribution in [0.4, 0.5) is 5.00 Å². The van der Waals surface area contributed by atoms with Crippen molar-refractivity contribution in [3.63, 3.8) is 0 Å². The SMILES string of the molecule is O=C(N/N=C/c1ccc([N+](=O)[O-])s1)c1ccccn1. The Morgan fingerprint density at radius 1 is 1.42 bits per heavy atom. The molecule has 0 saturated carbocycles. The number of hydrogen-bond acceptors (Lipinski definition) is 6. The lowest BCUT2D eigenvalue weighted by atomic mass is 10.3. The van der Waals surface area contributed by atoms with Crippen molar-refractivity contribution in [2.75, 3.05) is 0 Å². The van der Waals surface area contributed by atoms with E-state index in [9.17, 15) is 14.9 Å². The second-order valence-corrected chi connectivity index (χ2v) is 4.44. The third-order valence-corrected chi connectivity index (χ3v) is 3.02. The summed E-state index contributed by atoms with van der Waals surface area (Å²) in [6.07, 6.45) is 2.85. The van der Waals surface area contributed by atoms with Crippen LogP contribution < -0.4 is 5.43 Å². The van der Waals surface area contributed by atoms with Crippen LogP contribution in [0, 0.1) is 10.1 Å². The Labute approximate surface area is 111 Å². The number of nitro groups is 1. The minimum absolute atomic E-state index is 0.0255. The summed E-state index contributed by atoms with van der Waals surface area (Å²) in [5, 5.41) is 14.2. The van der Waals surface area contributed by atoms with Gasteiger partial charge in [-0.3, -0.25) is 19.9 Å². The van der Waals surface area contributed by atoms with Gasteiger partial charge in [-0.1, -0.05) is 17.4 Å². The number of rotatable bonds is 4. The Morgan fingerprint density at radius 3 is 2.89 bits per heavy atom. The van der Waals surface area contributed by atoms with Crippen molar-refractivity contribution in [3.05, 3.63) is 57.2 Å². The third kappa shape index (κ3) is 3.42. The van der Waals surface area contributed by atoms with E-state index in [1.807, 2.05) is 0 Å². The van der Waals surface area contributed by atoms with Gasteiger partial charge in [0.1, 0.15) is 5.69 Å². The van der Waals surface area contributed by atoms with E-state index in [2.05, 4.69) is 15.5 Å². The van der Waals surface area contributed by atoms with Crippen molar-refractivity contribution in [2.24, 2.45) is 5.10 Å². The lowest BCUT2D eigenvalue weighted by molar-refractivity contribution is -0.380. The van der Waals surface area contributed by atoms with E-state index in [1.165, 1.54) is 18.5 Å². The molecule has 1 amide bonds. The first-order chi connectivity index (χ1) is 9.16. The van der Waals surface area contributed by atoms with Gasteiger partial charge in [-0.25, -0.2) is 5.43 Å². The quantitative estimate of drug-likeness (QED) is 0.523. The first-order valence-electron chi connectivity index (χ1n) is 5.15. The normalized spacial score (nSPS) is 10.5. The lowest BCUT2D eigenvalue weighted by Crippen LogP contribution is -2.18. The fourth-order valence-corrected chi connectivity index (χ4v) is 1.91. The summed E-state index contributed by atoms with van der Waals surface area (Å²) in [5.41, 5.74) is 2.54. The third-order valence-electron chi connectivity index (χ3n) is 2.05. The van der Waals surface area contributed by atoms with Gasteiger partial charge in [0.15, 0.2) is 0 Å². The van der Waals surface area contributed by atoms with Gasteiger partial charge in [-0.2, -0.15) is 5.10 Å². The minimum atomic E-state index is -0.478. The molecule has 0 radical (unpaired) electrons. The Balaban J connectivity index is 1.96. The summed E-state index contributed by atoms with van der Waals surface area (Å²) in [7, 11) is 0. The average molecular weight is 276 g/mol. The number of thiophene rings is 1. The van der Waals surface area contributed by atoms with Gasteiger partial charge in [-0.15, -0.1) is 0 Å². The highest BCUT2D eigenvalue weighted by Crippen LogP contribution is 2.22. The molecule has 0 saturated heterocycles. The predicted molar refractivity (Wildman–Crippen MR) is 70.3 cm³/mol. The smallest absolute Gasteiger partial charge is 0.266 e. The molecule has 96 valence electrons.